The highest BCUT2D eigenvalue weighted by atomic mass is 32.2. The SMILES string of the molecule is CCCn1c2ccccc2c2nnc(SC(C)C(=O)Nc3cc(C)on3)nc21. The fraction of sp³-hybridized carbons (Fsp3) is 0.316. The van der Waals surface area contributed by atoms with Crippen molar-refractivity contribution >= 4 is 45.6 Å². The molecule has 0 aliphatic carbocycles. The zero-order valence-corrected chi connectivity index (χ0v) is 16.7. The lowest BCUT2D eigenvalue weighted by Gasteiger charge is -2.09. The number of aryl methyl sites for hydroxylation is 2. The summed E-state index contributed by atoms with van der Waals surface area (Å²) in [5.41, 5.74) is 2.67. The molecule has 4 rings (SSSR count). The van der Waals surface area contributed by atoms with Crippen LogP contribution in [0.3, 0.4) is 0 Å². The van der Waals surface area contributed by atoms with Crippen molar-refractivity contribution in [2.75, 3.05) is 5.32 Å². The number of carbonyl (C=O) groups excluding carboxylic acids is 1. The summed E-state index contributed by atoms with van der Waals surface area (Å²) >= 11 is 1.26. The molecule has 1 atom stereocenters. The molecule has 0 saturated heterocycles. The maximum atomic E-state index is 12.4. The number of thioether (sulfide) groups is 1. The first-order valence-electron chi connectivity index (χ1n) is 9.09. The standard InChI is InChI=1S/C19H20N6O2S/c1-4-9-25-14-8-6-5-7-13(14)16-17(25)21-19(23-22-16)28-12(3)18(26)20-15-10-11(2)27-24-15/h5-8,10,12H,4,9H2,1-3H3,(H,20,24,26). The summed E-state index contributed by atoms with van der Waals surface area (Å²) in [4.78, 5) is 17.1. The van der Waals surface area contributed by atoms with Crippen molar-refractivity contribution in [1.82, 2.24) is 24.9 Å². The van der Waals surface area contributed by atoms with Gasteiger partial charge in [0.25, 0.3) is 0 Å². The Bertz CT molecular complexity index is 1150. The van der Waals surface area contributed by atoms with Crippen LogP contribution in [-0.4, -0.2) is 36.1 Å². The highest BCUT2D eigenvalue weighted by Crippen LogP contribution is 2.28. The van der Waals surface area contributed by atoms with E-state index in [2.05, 4.69) is 38.2 Å². The van der Waals surface area contributed by atoms with Gasteiger partial charge >= 0.3 is 0 Å². The van der Waals surface area contributed by atoms with Crippen LogP contribution in [0, 0.1) is 6.92 Å². The van der Waals surface area contributed by atoms with E-state index in [0.29, 0.717) is 16.7 Å². The number of fused-ring (bicyclic) bond motifs is 3. The molecule has 28 heavy (non-hydrogen) atoms. The highest BCUT2D eigenvalue weighted by molar-refractivity contribution is 8.00. The normalized spacial score (nSPS) is 12.5. The monoisotopic (exact) mass is 396 g/mol. The molecule has 0 fully saturated rings. The molecule has 4 aromatic rings. The summed E-state index contributed by atoms with van der Waals surface area (Å²) in [5.74, 6) is 0.834. The Labute approximate surface area is 165 Å². The quantitative estimate of drug-likeness (QED) is 0.495. The molecular formula is C19H20N6O2S. The van der Waals surface area contributed by atoms with E-state index in [-0.39, 0.29) is 5.91 Å². The molecule has 3 heterocycles. The Morgan fingerprint density at radius 3 is 2.89 bits per heavy atom. The van der Waals surface area contributed by atoms with Gasteiger partial charge in [-0.05, 0) is 26.3 Å². The van der Waals surface area contributed by atoms with Gasteiger partial charge in [0.05, 0.1) is 10.8 Å². The predicted octanol–water partition coefficient (Wildman–Crippen LogP) is 3.81. The molecule has 9 heteroatoms. The van der Waals surface area contributed by atoms with E-state index in [0.717, 1.165) is 35.0 Å². The van der Waals surface area contributed by atoms with Crippen LogP contribution in [0.4, 0.5) is 5.82 Å². The van der Waals surface area contributed by atoms with Gasteiger partial charge in [-0.2, -0.15) is 0 Å². The number of benzene rings is 1. The summed E-state index contributed by atoms with van der Waals surface area (Å²) < 4.78 is 7.13. The van der Waals surface area contributed by atoms with Crippen LogP contribution in [-0.2, 0) is 11.3 Å². The molecule has 0 radical (unpaired) electrons. The van der Waals surface area contributed by atoms with E-state index < -0.39 is 5.25 Å². The summed E-state index contributed by atoms with van der Waals surface area (Å²) in [6.45, 7) is 6.53. The Morgan fingerprint density at radius 2 is 2.14 bits per heavy atom. The number of rotatable bonds is 6. The third-order valence-corrected chi connectivity index (χ3v) is 5.28. The lowest BCUT2D eigenvalue weighted by Crippen LogP contribution is -2.22. The summed E-state index contributed by atoms with van der Waals surface area (Å²) in [5, 5.41) is 16.2. The zero-order valence-electron chi connectivity index (χ0n) is 15.8. The molecule has 0 aliphatic rings. The largest absolute Gasteiger partial charge is 0.360 e. The summed E-state index contributed by atoms with van der Waals surface area (Å²) in [6, 6.07) is 9.76. The maximum absolute atomic E-state index is 12.4. The number of carbonyl (C=O) groups is 1. The smallest absolute Gasteiger partial charge is 0.238 e. The Kier molecular flexibility index (Phi) is 4.99. The molecule has 8 nitrogen and oxygen atoms in total. The number of nitrogens with one attached hydrogen (secondary N) is 1. The molecule has 1 N–H and O–H groups in total. The summed E-state index contributed by atoms with van der Waals surface area (Å²) in [7, 11) is 0. The van der Waals surface area contributed by atoms with Gasteiger partial charge in [-0.3, -0.25) is 4.79 Å². The van der Waals surface area contributed by atoms with Gasteiger partial charge in [-0.1, -0.05) is 42.0 Å². The average molecular weight is 396 g/mol. The van der Waals surface area contributed by atoms with Crippen molar-refractivity contribution in [1.29, 1.82) is 0 Å². The number of hydrogen-bond acceptors (Lipinski definition) is 7. The molecule has 0 saturated carbocycles. The number of hydrogen-bond donors (Lipinski definition) is 1. The van der Waals surface area contributed by atoms with Crippen molar-refractivity contribution in [3.63, 3.8) is 0 Å². The minimum absolute atomic E-state index is 0.198. The minimum atomic E-state index is -0.416. The fourth-order valence-corrected chi connectivity index (χ4v) is 3.76. The second-order valence-electron chi connectivity index (χ2n) is 6.51. The molecule has 1 unspecified atom stereocenters. The van der Waals surface area contributed by atoms with Crippen LogP contribution in [0.15, 0.2) is 40.0 Å². The summed E-state index contributed by atoms with van der Waals surface area (Å²) in [6.07, 6.45) is 0.982. The van der Waals surface area contributed by atoms with Gasteiger partial charge in [0.2, 0.25) is 11.1 Å². The number of para-hydroxylation sites is 1. The predicted molar refractivity (Wildman–Crippen MR) is 108 cm³/mol. The van der Waals surface area contributed by atoms with Crippen LogP contribution in [0.1, 0.15) is 26.0 Å². The van der Waals surface area contributed by atoms with Crippen LogP contribution in [0.2, 0.25) is 0 Å². The number of amides is 1. The van der Waals surface area contributed by atoms with Crippen LogP contribution < -0.4 is 5.32 Å². The van der Waals surface area contributed by atoms with E-state index in [9.17, 15) is 4.79 Å². The molecular weight excluding hydrogens is 376 g/mol. The van der Waals surface area contributed by atoms with Gasteiger partial charge in [0.15, 0.2) is 11.5 Å². The molecule has 3 aromatic heterocycles. The fourth-order valence-electron chi connectivity index (χ4n) is 3.05. The Hall–Kier alpha value is -2.94. The first-order valence-corrected chi connectivity index (χ1v) is 9.97. The topological polar surface area (TPSA) is 98.7 Å². The average Bonchev–Trinajstić information content (AvgIpc) is 3.23. The molecule has 0 bridgehead atoms. The van der Waals surface area contributed by atoms with Crippen molar-refractivity contribution in [2.45, 2.75) is 44.1 Å². The van der Waals surface area contributed by atoms with Gasteiger partial charge in [0, 0.05) is 18.0 Å². The van der Waals surface area contributed by atoms with E-state index in [4.69, 9.17) is 9.51 Å². The van der Waals surface area contributed by atoms with Crippen LogP contribution in [0.25, 0.3) is 22.1 Å². The number of aromatic nitrogens is 5. The van der Waals surface area contributed by atoms with Crippen molar-refractivity contribution in [2.24, 2.45) is 0 Å². The lowest BCUT2D eigenvalue weighted by molar-refractivity contribution is -0.115. The second kappa shape index (κ2) is 7.59. The van der Waals surface area contributed by atoms with Crippen molar-refractivity contribution in [3.8, 4) is 0 Å². The van der Waals surface area contributed by atoms with Crippen LogP contribution in [0.5, 0.6) is 0 Å². The lowest BCUT2D eigenvalue weighted by atomic mass is 10.2. The van der Waals surface area contributed by atoms with Crippen LogP contribution >= 0.6 is 11.8 Å². The maximum Gasteiger partial charge on any atom is 0.238 e. The number of anilines is 1. The van der Waals surface area contributed by atoms with E-state index in [1.807, 2.05) is 18.2 Å². The van der Waals surface area contributed by atoms with Gasteiger partial charge < -0.3 is 14.4 Å². The van der Waals surface area contributed by atoms with Crippen molar-refractivity contribution in [3.05, 3.63) is 36.1 Å². The van der Waals surface area contributed by atoms with Gasteiger partial charge in [-0.25, -0.2) is 4.98 Å². The van der Waals surface area contributed by atoms with Gasteiger partial charge in [0.1, 0.15) is 11.3 Å². The first kappa shape index (κ1) is 18.4. The Morgan fingerprint density at radius 1 is 1.32 bits per heavy atom. The second-order valence-corrected chi connectivity index (χ2v) is 7.82. The molecule has 144 valence electrons. The molecule has 0 spiro atoms. The Balaban J connectivity index is 1.61. The van der Waals surface area contributed by atoms with E-state index in [1.54, 1.807) is 19.9 Å². The first-order chi connectivity index (χ1) is 13.6. The highest BCUT2D eigenvalue weighted by Gasteiger charge is 2.20. The molecule has 1 amide bonds. The molecule has 1 aromatic carbocycles. The number of nitrogens with zero attached hydrogens (tertiary/aromatic N) is 5. The van der Waals surface area contributed by atoms with Gasteiger partial charge in [-0.15, -0.1) is 10.2 Å². The van der Waals surface area contributed by atoms with E-state index >= 15 is 0 Å². The minimum Gasteiger partial charge on any atom is -0.360 e. The zero-order chi connectivity index (χ0) is 19.7. The third-order valence-electron chi connectivity index (χ3n) is 4.33. The van der Waals surface area contributed by atoms with E-state index in [1.165, 1.54) is 11.8 Å². The molecule has 0 aliphatic heterocycles. The van der Waals surface area contributed by atoms with Crippen molar-refractivity contribution < 1.29 is 9.32 Å². The third kappa shape index (κ3) is 3.45.